The molecule has 3 rings (SSSR count). The Balaban J connectivity index is 0.00000320. The summed E-state index contributed by atoms with van der Waals surface area (Å²) in [5.74, 6) is 0.797. The van der Waals surface area contributed by atoms with Crippen molar-refractivity contribution >= 4 is 51.3 Å². The molecule has 1 aliphatic heterocycles. The van der Waals surface area contributed by atoms with Crippen molar-refractivity contribution in [1.82, 2.24) is 14.5 Å². The Kier molecular flexibility index (Phi) is 10.1. The van der Waals surface area contributed by atoms with Crippen molar-refractivity contribution in [3.8, 4) is 0 Å². The van der Waals surface area contributed by atoms with Gasteiger partial charge in [0.2, 0.25) is 10.0 Å². The van der Waals surface area contributed by atoms with Crippen LogP contribution in [0.5, 0.6) is 0 Å². The van der Waals surface area contributed by atoms with E-state index in [-0.39, 0.29) is 24.0 Å². The lowest BCUT2D eigenvalue weighted by Gasteiger charge is -2.26. The quantitative estimate of drug-likeness (QED) is 0.317. The molecule has 2 heterocycles. The number of hydrogen-bond donors (Lipinski definition) is 1. The van der Waals surface area contributed by atoms with Crippen LogP contribution in [-0.2, 0) is 23.0 Å². The molecule has 0 saturated carbocycles. The van der Waals surface area contributed by atoms with E-state index in [1.807, 2.05) is 19.2 Å². The summed E-state index contributed by atoms with van der Waals surface area (Å²) in [6.45, 7) is 2.63. The summed E-state index contributed by atoms with van der Waals surface area (Å²) in [5.41, 5.74) is 0.927. The summed E-state index contributed by atoms with van der Waals surface area (Å²) in [6.07, 6.45) is 3.96. The molecule has 30 heavy (non-hydrogen) atoms. The van der Waals surface area contributed by atoms with Gasteiger partial charge in [0.15, 0.2) is 5.96 Å². The summed E-state index contributed by atoms with van der Waals surface area (Å²) >= 11 is 1.76. The summed E-state index contributed by atoms with van der Waals surface area (Å²) in [5, 5.41) is 5.44. The third-order valence-electron chi connectivity index (χ3n) is 5.15. The minimum Gasteiger partial charge on any atom is -0.352 e. The number of hydrogen-bond acceptors (Lipinski definition) is 4. The summed E-state index contributed by atoms with van der Waals surface area (Å²) in [7, 11) is 0.366. The maximum atomic E-state index is 12.9. The molecule has 6 nitrogen and oxygen atoms in total. The number of thiophene rings is 1. The van der Waals surface area contributed by atoms with Crippen LogP contribution in [0.4, 0.5) is 0 Å². The highest BCUT2D eigenvalue weighted by atomic mass is 127. The molecule has 1 fully saturated rings. The number of nitrogens with zero attached hydrogens (tertiary/aromatic N) is 3. The first-order chi connectivity index (χ1) is 14.0. The molecule has 0 radical (unpaired) electrons. The molecule has 1 aliphatic rings. The third kappa shape index (κ3) is 6.66. The van der Waals surface area contributed by atoms with Crippen LogP contribution in [0.15, 0.2) is 51.7 Å². The summed E-state index contributed by atoms with van der Waals surface area (Å²) in [6, 6.07) is 11.4. The lowest BCUT2D eigenvalue weighted by Crippen LogP contribution is -2.39. The van der Waals surface area contributed by atoms with Crippen LogP contribution in [0, 0.1) is 0 Å². The van der Waals surface area contributed by atoms with E-state index in [1.165, 1.54) is 4.88 Å². The minimum absolute atomic E-state index is 0. The largest absolute Gasteiger partial charge is 0.352 e. The van der Waals surface area contributed by atoms with E-state index in [9.17, 15) is 8.42 Å². The van der Waals surface area contributed by atoms with Crippen LogP contribution in [0.1, 0.15) is 29.7 Å². The average molecular weight is 563 g/mol. The Hall–Kier alpha value is -1.17. The molecule has 166 valence electrons. The molecule has 0 atom stereocenters. The number of piperidine rings is 1. The van der Waals surface area contributed by atoms with Crippen LogP contribution in [0.25, 0.3) is 0 Å². The normalized spacial score (nSPS) is 15.5. The number of halogens is 1. The molecule has 0 amide bonds. The fourth-order valence-electron chi connectivity index (χ4n) is 3.47. The molecular formula is C21H31IN4O2S2. The van der Waals surface area contributed by atoms with Crippen molar-refractivity contribution < 1.29 is 8.42 Å². The Morgan fingerprint density at radius 1 is 1.20 bits per heavy atom. The number of likely N-dealkylation sites (N-methyl/N-ethyl adjacent to an activating group) is 1. The lowest BCUT2D eigenvalue weighted by molar-refractivity contribution is 0.346. The molecule has 0 aliphatic carbocycles. The molecule has 2 aromatic rings. The van der Waals surface area contributed by atoms with Crippen molar-refractivity contribution in [3.05, 3.63) is 52.2 Å². The molecule has 1 saturated heterocycles. The molecule has 1 N–H and O–H groups in total. The van der Waals surface area contributed by atoms with E-state index in [1.54, 1.807) is 34.8 Å². The number of guanidine groups is 1. The number of nitrogens with one attached hydrogen (secondary N) is 1. The second kappa shape index (κ2) is 12.0. The zero-order valence-electron chi connectivity index (χ0n) is 17.6. The van der Waals surface area contributed by atoms with E-state index in [0.29, 0.717) is 24.5 Å². The fraction of sp³-hybridized carbons (Fsp3) is 0.476. The molecule has 0 bridgehead atoms. The highest BCUT2D eigenvalue weighted by molar-refractivity contribution is 14.0. The lowest BCUT2D eigenvalue weighted by atomic mass is 10.2. The fourth-order valence-corrected chi connectivity index (χ4v) is 5.76. The molecule has 0 spiro atoms. The van der Waals surface area contributed by atoms with Gasteiger partial charge in [0.05, 0.1) is 4.90 Å². The smallest absolute Gasteiger partial charge is 0.243 e. The van der Waals surface area contributed by atoms with Crippen molar-refractivity contribution in [2.75, 3.05) is 33.7 Å². The molecule has 9 heteroatoms. The molecular weight excluding hydrogens is 531 g/mol. The van der Waals surface area contributed by atoms with Crippen LogP contribution >= 0.6 is 35.3 Å². The van der Waals surface area contributed by atoms with Gasteiger partial charge in [-0.15, -0.1) is 35.3 Å². The first-order valence-corrected chi connectivity index (χ1v) is 12.4. The van der Waals surface area contributed by atoms with E-state index in [2.05, 4.69) is 32.7 Å². The highest BCUT2D eigenvalue weighted by Gasteiger charge is 2.25. The van der Waals surface area contributed by atoms with Gasteiger partial charge in [-0.25, -0.2) is 8.42 Å². The first kappa shape index (κ1) is 25.1. The van der Waals surface area contributed by atoms with Gasteiger partial charge in [0.1, 0.15) is 0 Å². The maximum Gasteiger partial charge on any atom is 0.243 e. The van der Waals surface area contributed by atoms with Crippen molar-refractivity contribution in [2.24, 2.45) is 4.99 Å². The predicted molar refractivity (Wildman–Crippen MR) is 135 cm³/mol. The van der Waals surface area contributed by atoms with Crippen LogP contribution in [-0.4, -0.2) is 57.3 Å². The Bertz CT molecular complexity index is 911. The van der Waals surface area contributed by atoms with Gasteiger partial charge in [0, 0.05) is 45.2 Å². The number of rotatable bonds is 7. The topological polar surface area (TPSA) is 65.0 Å². The van der Waals surface area contributed by atoms with E-state index >= 15 is 0 Å². The molecule has 1 aromatic heterocycles. The first-order valence-electron chi connectivity index (χ1n) is 10.0. The van der Waals surface area contributed by atoms with Gasteiger partial charge in [0.25, 0.3) is 0 Å². The van der Waals surface area contributed by atoms with Crippen LogP contribution < -0.4 is 5.32 Å². The van der Waals surface area contributed by atoms with E-state index in [4.69, 9.17) is 0 Å². The van der Waals surface area contributed by atoms with E-state index in [0.717, 1.165) is 43.8 Å². The SMILES string of the molecule is CN=C(NCc1cccc(S(=O)(=O)N2CCCCC2)c1)N(C)CCc1cccs1.I. The zero-order valence-corrected chi connectivity index (χ0v) is 21.5. The van der Waals surface area contributed by atoms with Gasteiger partial charge in [-0.3, -0.25) is 4.99 Å². The monoisotopic (exact) mass is 562 g/mol. The summed E-state index contributed by atoms with van der Waals surface area (Å²) < 4.78 is 27.4. The van der Waals surface area contributed by atoms with Gasteiger partial charge in [-0.2, -0.15) is 4.31 Å². The van der Waals surface area contributed by atoms with Gasteiger partial charge >= 0.3 is 0 Å². The second-order valence-electron chi connectivity index (χ2n) is 7.26. The Morgan fingerprint density at radius 3 is 2.63 bits per heavy atom. The van der Waals surface area contributed by atoms with Crippen LogP contribution in [0.3, 0.4) is 0 Å². The molecule has 0 unspecified atom stereocenters. The van der Waals surface area contributed by atoms with Gasteiger partial charge < -0.3 is 10.2 Å². The van der Waals surface area contributed by atoms with Gasteiger partial charge in [-0.1, -0.05) is 24.6 Å². The maximum absolute atomic E-state index is 12.9. The average Bonchev–Trinajstić information content (AvgIpc) is 3.27. The van der Waals surface area contributed by atoms with Crippen molar-refractivity contribution in [3.63, 3.8) is 0 Å². The summed E-state index contributed by atoms with van der Waals surface area (Å²) in [4.78, 5) is 8.17. The van der Waals surface area contributed by atoms with Gasteiger partial charge in [-0.05, 0) is 48.4 Å². The second-order valence-corrected chi connectivity index (χ2v) is 10.2. The Morgan fingerprint density at radius 2 is 1.97 bits per heavy atom. The van der Waals surface area contributed by atoms with Crippen molar-refractivity contribution in [2.45, 2.75) is 37.1 Å². The zero-order chi connectivity index (χ0) is 20.7. The van der Waals surface area contributed by atoms with E-state index < -0.39 is 10.0 Å². The molecule has 1 aromatic carbocycles. The number of benzene rings is 1. The number of sulfonamides is 1. The van der Waals surface area contributed by atoms with Crippen LogP contribution in [0.2, 0.25) is 0 Å². The highest BCUT2D eigenvalue weighted by Crippen LogP contribution is 2.21. The van der Waals surface area contributed by atoms with Crippen molar-refractivity contribution in [1.29, 1.82) is 0 Å². The predicted octanol–water partition coefficient (Wildman–Crippen LogP) is 3.79. The minimum atomic E-state index is -3.41. The standard InChI is InChI=1S/C21H30N4O2S2.HI/c1-22-21(24(2)14-11-19-9-7-15-28-19)23-17-18-8-6-10-20(16-18)29(26,27)25-12-4-3-5-13-25;/h6-10,15-16H,3-5,11-14,17H2,1-2H3,(H,22,23);1H. The third-order valence-corrected chi connectivity index (χ3v) is 7.98. The Labute approximate surface area is 201 Å². The number of aliphatic imine (C=N–C) groups is 1.